The highest BCUT2D eigenvalue weighted by Gasteiger charge is 2.20. The predicted molar refractivity (Wildman–Crippen MR) is 86.8 cm³/mol. The Balaban J connectivity index is 1.66. The van der Waals surface area contributed by atoms with E-state index in [1.807, 2.05) is 30.3 Å². The van der Waals surface area contributed by atoms with E-state index in [4.69, 9.17) is 0 Å². The maximum absolute atomic E-state index is 12.3. The fraction of sp³-hybridized carbons (Fsp3) is 0.353. The highest BCUT2D eigenvalue weighted by atomic mass is 16.2. The summed E-state index contributed by atoms with van der Waals surface area (Å²) >= 11 is 0. The number of carbonyl (C=O) groups excluding carboxylic acids is 2. The number of carbonyl (C=O) groups is 2. The quantitative estimate of drug-likeness (QED) is 0.898. The van der Waals surface area contributed by atoms with Gasteiger partial charge in [0, 0.05) is 31.6 Å². The fourth-order valence-corrected chi connectivity index (χ4v) is 2.77. The third-order valence-corrected chi connectivity index (χ3v) is 4.01. The molecule has 1 aromatic heterocycles. The van der Waals surface area contributed by atoms with Crippen molar-refractivity contribution in [1.82, 2.24) is 20.4 Å². The fourth-order valence-electron chi connectivity index (χ4n) is 2.77. The van der Waals surface area contributed by atoms with Crippen LogP contribution in [0.3, 0.4) is 0 Å². The first-order valence-corrected chi connectivity index (χ1v) is 7.80. The van der Waals surface area contributed by atoms with Crippen molar-refractivity contribution >= 4 is 11.8 Å². The third kappa shape index (κ3) is 3.59. The number of aryl methyl sites for hydroxylation is 1. The molecule has 0 radical (unpaired) electrons. The lowest BCUT2D eigenvalue weighted by atomic mass is 10.0. The monoisotopic (exact) mass is 312 g/mol. The lowest BCUT2D eigenvalue weighted by molar-refractivity contribution is -0.123. The van der Waals surface area contributed by atoms with Gasteiger partial charge < -0.3 is 10.6 Å². The van der Waals surface area contributed by atoms with Gasteiger partial charge in [0.25, 0.3) is 5.91 Å². The Labute approximate surface area is 134 Å². The maximum Gasteiger partial charge on any atom is 0.269 e. The molecule has 1 atom stereocenters. The number of hydrogen-bond acceptors (Lipinski definition) is 3. The van der Waals surface area contributed by atoms with Crippen LogP contribution in [0.1, 0.15) is 29.8 Å². The molecule has 1 aromatic carbocycles. The molecule has 3 rings (SSSR count). The van der Waals surface area contributed by atoms with E-state index in [-0.39, 0.29) is 17.9 Å². The normalized spacial score (nSPS) is 17.6. The summed E-state index contributed by atoms with van der Waals surface area (Å²) in [4.78, 5) is 23.7. The minimum atomic E-state index is -0.179. The summed E-state index contributed by atoms with van der Waals surface area (Å²) in [5.74, 6) is -0.121. The van der Waals surface area contributed by atoms with Crippen LogP contribution < -0.4 is 10.6 Å². The zero-order chi connectivity index (χ0) is 16.2. The van der Waals surface area contributed by atoms with E-state index in [2.05, 4.69) is 15.7 Å². The van der Waals surface area contributed by atoms with E-state index >= 15 is 0 Å². The molecule has 0 bridgehead atoms. The van der Waals surface area contributed by atoms with Crippen molar-refractivity contribution in [3.63, 3.8) is 0 Å². The van der Waals surface area contributed by atoms with Crippen molar-refractivity contribution in [2.75, 3.05) is 6.54 Å². The zero-order valence-electron chi connectivity index (χ0n) is 13.1. The van der Waals surface area contributed by atoms with Crippen LogP contribution in [0.15, 0.2) is 36.4 Å². The average molecular weight is 312 g/mol. The van der Waals surface area contributed by atoms with Gasteiger partial charge in [-0.25, -0.2) is 0 Å². The molecule has 2 amide bonds. The Morgan fingerprint density at radius 3 is 2.91 bits per heavy atom. The highest BCUT2D eigenvalue weighted by Crippen LogP contribution is 2.18. The van der Waals surface area contributed by atoms with Gasteiger partial charge in [-0.3, -0.25) is 14.3 Å². The van der Waals surface area contributed by atoms with Crippen molar-refractivity contribution < 1.29 is 9.59 Å². The van der Waals surface area contributed by atoms with Crippen molar-refractivity contribution in [3.8, 4) is 11.3 Å². The zero-order valence-corrected chi connectivity index (χ0v) is 13.1. The molecule has 0 saturated carbocycles. The van der Waals surface area contributed by atoms with Crippen LogP contribution in [0.25, 0.3) is 11.3 Å². The van der Waals surface area contributed by atoms with Crippen LogP contribution in [-0.2, 0) is 11.8 Å². The number of nitrogens with zero attached hydrogens (tertiary/aromatic N) is 2. The largest absolute Gasteiger partial charge is 0.352 e. The Kier molecular flexibility index (Phi) is 4.41. The van der Waals surface area contributed by atoms with Gasteiger partial charge in [-0.15, -0.1) is 0 Å². The van der Waals surface area contributed by atoms with E-state index in [1.54, 1.807) is 17.8 Å². The summed E-state index contributed by atoms with van der Waals surface area (Å²) in [6, 6.07) is 11.5. The second-order valence-corrected chi connectivity index (χ2v) is 5.77. The lowest BCUT2D eigenvalue weighted by Gasteiger charge is -2.23. The molecule has 6 nitrogen and oxygen atoms in total. The molecule has 0 unspecified atom stereocenters. The average Bonchev–Trinajstić information content (AvgIpc) is 2.95. The molecule has 1 aliphatic rings. The Morgan fingerprint density at radius 2 is 2.17 bits per heavy atom. The molecule has 1 aliphatic heterocycles. The van der Waals surface area contributed by atoms with Gasteiger partial charge in [-0.05, 0) is 18.9 Å². The van der Waals surface area contributed by atoms with Crippen molar-refractivity contribution in [1.29, 1.82) is 0 Å². The summed E-state index contributed by atoms with van der Waals surface area (Å²) in [6.45, 7) is 0.441. The van der Waals surface area contributed by atoms with Crippen LogP contribution in [0.5, 0.6) is 0 Å². The van der Waals surface area contributed by atoms with E-state index in [9.17, 15) is 9.59 Å². The van der Waals surface area contributed by atoms with Gasteiger partial charge in [0.15, 0.2) is 0 Å². The summed E-state index contributed by atoms with van der Waals surface area (Å²) < 4.78 is 1.58. The van der Waals surface area contributed by atoms with Gasteiger partial charge in [-0.1, -0.05) is 30.3 Å². The number of benzene rings is 1. The van der Waals surface area contributed by atoms with Crippen LogP contribution >= 0.6 is 0 Å². The molecular formula is C17H20N4O2. The van der Waals surface area contributed by atoms with Gasteiger partial charge in [-0.2, -0.15) is 5.10 Å². The second-order valence-electron chi connectivity index (χ2n) is 5.77. The molecule has 2 heterocycles. The first kappa shape index (κ1) is 15.3. The summed E-state index contributed by atoms with van der Waals surface area (Å²) in [7, 11) is 1.75. The molecule has 120 valence electrons. The number of amides is 2. The Morgan fingerprint density at radius 1 is 1.39 bits per heavy atom. The first-order chi connectivity index (χ1) is 11.1. The minimum absolute atomic E-state index is 0.0158. The van der Waals surface area contributed by atoms with Crippen LogP contribution in [0.4, 0.5) is 0 Å². The molecule has 2 N–H and O–H groups in total. The molecule has 23 heavy (non-hydrogen) atoms. The Bertz CT molecular complexity index is 709. The summed E-state index contributed by atoms with van der Waals surface area (Å²) in [5.41, 5.74) is 2.25. The van der Waals surface area contributed by atoms with Crippen LogP contribution in [0, 0.1) is 0 Å². The third-order valence-electron chi connectivity index (χ3n) is 4.01. The van der Waals surface area contributed by atoms with Crippen molar-refractivity contribution in [2.24, 2.45) is 7.05 Å². The Hall–Kier alpha value is -2.63. The van der Waals surface area contributed by atoms with Crippen molar-refractivity contribution in [2.45, 2.75) is 25.3 Å². The number of aromatic nitrogens is 2. The molecule has 2 aromatic rings. The van der Waals surface area contributed by atoms with E-state index in [0.717, 1.165) is 24.1 Å². The number of rotatable bonds is 4. The van der Waals surface area contributed by atoms with Crippen molar-refractivity contribution in [3.05, 3.63) is 42.1 Å². The van der Waals surface area contributed by atoms with Gasteiger partial charge in [0.2, 0.25) is 5.91 Å². The number of nitrogens with one attached hydrogen (secondary N) is 2. The lowest BCUT2D eigenvalue weighted by Crippen LogP contribution is -2.46. The molecule has 1 fully saturated rings. The molecular weight excluding hydrogens is 292 g/mol. The summed E-state index contributed by atoms with van der Waals surface area (Å²) in [5, 5.41) is 10.2. The van der Waals surface area contributed by atoms with Crippen LogP contribution in [0.2, 0.25) is 0 Å². The number of piperidine rings is 1. The van der Waals surface area contributed by atoms with Gasteiger partial charge >= 0.3 is 0 Å². The molecule has 0 spiro atoms. The first-order valence-electron chi connectivity index (χ1n) is 7.80. The molecule has 1 saturated heterocycles. The smallest absolute Gasteiger partial charge is 0.269 e. The maximum atomic E-state index is 12.3. The number of hydrogen-bond donors (Lipinski definition) is 2. The van der Waals surface area contributed by atoms with Gasteiger partial charge in [0.1, 0.15) is 5.69 Å². The molecule has 6 heteroatoms. The van der Waals surface area contributed by atoms with E-state index < -0.39 is 0 Å². The minimum Gasteiger partial charge on any atom is -0.352 e. The standard InChI is InChI=1S/C17H20N4O2/c1-21-15(10-14(20-21)12-6-3-2-4-7-12)17(23)18-11-13-8-5-9-16(22)19-13/h2-4,6-7,10,13H,5,8-9,11H2,1H3,(H,18,23)(H,19,22)/t13-/m1/s1. The second kappa shape index (κ2) is 6.64. The van der Waals surface area contributed by atoms with E-state index in [0.29, 0.717) is 18.7 Å². The SMILES string of the molecule is Cn1nc(-c2ccccc2)cc1C(=O)NC[C@H]1CCCC(=O)N1. The topological polar surface area (TPSA) is 76.0 Å². The predicted octanol–water partition coefficient (Wildman–Crippen LogP) is 1.49. The van der Waals surface area contributed by atoms with Crippen LogP contribution in [-0.4, -0.2) is 34.2 Å². The highest BCUT2D eigenvalue weighted by molar-refractivity contribution is 5.93. The van der Waals surface area contributed by atoms with Gasteiger partial charge in [0.05, 0.1) is 5.69 Å². The van der Waals surface area contributed by atoms with E-state index in [1.165, 1.54) is 0 Å². The molecule has 0 aliphatic carbocycles. The summed E-state index contributed by atoms with van der Waals surface area (Å²) in [6.07, 6.45) is 2.34.